The summed E-state index contributed by atoms with van der Waals surface area (Å²) < 4.78 is 13.8. The van der Waals surface area contributed by atoms with Crippen LogP contribution in [0, 0.1) is 11.8 Å². The first-order valence-corrected chi connectivity index (χ1v) is 12.9. The van der Waals surface area contributed by atoms with Crippen LogP contribution in [0.5, 0.6) is 0 Å². The Balaban J connectivity index is 2.11. The Morgan fingerprint density at radius 1 is 1.22 bits per heavy atom. The quantitative estimate of drug-likeness (QED) is 0.189. The number of hydrogen-bond donors (Lipinski definition) is 3. The van der Waals surface area contributed by atoms with Gasteiger partial charge in [-0.3, -0.25) is 24.2 Å². The van der Waals surface area contributed by atoms with E-state index >= 15 is 0 Å². The minimum Gasteiger partial charge on any atom is -0.370 e. The number of rotatable bonds is 13. The largest absolute Gasteiger partial charge is 0.370 e. The molecule has 0 spiro atoms. The molecule has 1 aromatic carbocycles. The molecule has 5 N–H and O–H groups in total. The highest BCUT2D eigenvalue weighted by atomic mass is 79.9. The van der Waals surface area contributed by atoms with Gasteiger partial charge in [0.25, 0.3) is 5.91 Å². The maximum Gasteiger partial charge on any atom is 0.253 e. The number of hydrogen-bond acceptors (Lipinski definition) is 5. The predicted molar refractivity (Wildman–Crippen MR) is 139 cm³/mol. The minimum atomic E-state index is -1.16. The van der Waals surface area contributed by atoms with Gasteiger partial charge in [0, 0.05) is 29.9 Å². The third-order valence-corrected chi connectivity index (χ3v) is 6.98. The molecule has 2 rings (SSSR count). The standard InChI is InChI=1S/C25H35BrFN5O4/c1-15(2)22(31-23(35)17-8-3-4-9-18(17)26)24(36)32-12-6-10-19(32)20(33)13-16(21(34)14-27)7-5-11-30-25(28)29/h3-4,8-9,15-16,19,22H,5-7,10-14H2,1-2H3,(H,31,35)(H4,28,29,30)/t16-,19+,22+/m1/s1. The van der Waals surface area contributed by atoms with Gasteiger partial charge in [0.2, 0.25) is 5.91 Å². The number of carbonyl (C=O) groups excluding carboxylic acids is 4. The number of alkyl halides is 1. The van der Waals surface area contributed by atoms with Crippen LogP contribution in [0.3, 0.4) is 0 Å². The zero-order chi connectivity index (χ0) is 26.8. The second-order valence-electron chi connectivity index (χ2n) is 9.28. The number of carbonyl (C=O) groups is 4. The summed E-state index contributed by atoms with van der Waals surface area (Å²) in [6.07, 6.45) is 1.61. The van der Waals surface area contributed by atoms with Crippen molar-refractivity contribution in [1.82, 2.24) is 10.2 Å². The SMILES string of the molecule is CC(C)[C@H](NC(=O)c1ccccc1Br)C(=O)N1CCC[C@H]1C(=O)C[C@@H](CCCN=C(N)N)C(=O)CF. The monoisotopic (exact) mass is 567 g/mol. The van der Waals surface area contributed by atoms with Crippen LogP contribution in [0.2, 0.25) is 0 Å². The highest BCUT2D eigenvalue weighted by Gasteiger charge is 2.39. The van der Waals surface area contributed by atoms with Crippen molar-refractivity contribution in [3.8, 4) is 0 Å². The lowest BCUT2D eigenvalue weighted by Gasteiger charge is -2.31. The van der Waals surface area contributed by atoms with E-state index in [9.17, 15) is 23.6 Å². The first-order valence-electron chi connectivity index (χ1n) is 12.1. The van der Waals surface area contributed by atoms with Crippen LogP contribution in [0.15, 0.2) is 33.7 Å². The Kier molecular flexibility index (Phi) is 11.5. The molecule has 0 radical (unpaired) electrons. The van der Waals surface area contributed by atoms with Crippen LogP contribution in [-0.4, -0.2) is 66.1 Å². The normalized spacial score (nSPS) is 16.9. The van der Waals surface area contributed by atoms with Crippen molar-refractivity contribution < 1.29 is 23.6 Å². The van der Waals surface area contributed by atoms with Gasteiger partial charge in [-0.2, -0.15) is 0 Å². The van der Waals surface area contributed by atoms with Crippen LogP contribution < -0.4 is 16.8 Å². The number of nitrogens with two attached hydrogens (primary N) is 2. The predicted octanol–water partition coefficient (Wildman–Crippen LogP) is 2.36. The van der Waals surface area contributed by atoms with E-state index in [-0.39, 0.29) is 43.0 Å². The van der Waals surface area contributed by atoms with Crippen molar-refractivity contribution in [3.63, 3.8) is 0 Å². The summed E-state index contributed by atoms with van der Waals surface area (Å²) in [4.78, 5) is 57.0. The molecule has 1 aliphatic rings. The molecule has 2 amide bonds. The van der Waals surface area contributed by atoms with E-state index in [2.05, 4.69) is 26.2 Å². The number of nitrogens with zero attached hydrogens (tertiary/aromatic N) is 2. The molecule has 9 nitrogen and oxygen atoms in total. The minimum absolute atomic E-state index is 0.0778. The Morgan fingerprint density at radius 3 is 2.53 bits per heavy atom. The molecule has 3 atom stereocenters. The Morgan fingerprint density at radius 2 is 1.92 bits per heavy atom. The lowest BCUT2D eigenvalue weighted by atomic mass is 9.90. The molecule has 0 bridgehead atoms. The number of nitrogens with one attached hydrogen (secondary N) is 1. The number of halogens is 2. The van der Waals surface area contributed by atoms with Gasteiger partial charge in [0.15, 0.2) is 17.5 Å². The number of amides is 2. The lowest BCUT2D eigenvalue weighted by Crippen LogP contribution is -2.54. The number of Topliss-reactive ketones (excluding diaryl/α,β-unsaturated/α-hetero) is 2. The van der Waals surface area contributed by atoms with E-state index in [0.29, 0.717) is 35.8 Å². The highest BCUT2D eigenvalue weighted by molar-refractivity contribution is 9.10. The van der Waals surface area contributed by atoms with Crippen LogP contribution in [-0.2, 0) is 14.4 Å². The smallest absolute Gasteiger partial charge is 0.253 e. The summed E-state index contributed by atoms with van der Waals surface area (Å²) in [5.74, 6) is -2.78. The second-order valence-corrected chi connectivity index (χ2v) is 10.1. The van der Waals surface area contributed by atoms with Gasteiger partial charge in [0.1, 0.15) is 12.7 Å². The molecule has 36 heavy (non-hydrogen) atoms. The molecule has 1 aromatic rings. The van der Waals surface area contributed by atoms with E-state index in [1.54, 1.807) is 24.3 Å². The molecule has 1 heterocycles. The van der Waals surface area contributed by atoms with E-state index in [0.717, 1.165) is 0 Å². The van der Waals surface area contributed by atoms with Crippen LogP contribution in [0.4, 0.5) is 4.39 Å². The van der Waals surface area contributed by atoms with Gasteiger partial charge in [-0.1, -0.05) is 26.0 Å². The molecule has 0 saturated carbocycles. The molecule has 0 unspecified atom stereocenters. The summed E-state index contributed by atoms with van der Waals surface area (Å²) in [6.45, 7) is 3.12. The Labute approximate surface area is 219 Å². The number of aliphatic imine (C=N–C) groups is 1. The molecular weight excluding hydrogens is 533 g/mol. The van der Waals surface area contributed by atoms with Crippen LogP contribution in [0.1, 0.15) is 56.3 Å². The third kappa shape index (κ3) is 8.11. The number of guanidine groups is 1. The zero-order valence-electron chi connectivity index (χ0n) is 20.7. The molecular formula is C25H35BrFN5O4. The second kappa shape index (κ2) is 14.1. The van der Waals surface area contributed by atoms with Gasteiger partial charge >= 0.3 is 0 Å². The molecule has 0 aliphatic carbocycles. The zero-order valence-corrected chi connectivity index (χ0v) is 22.3. The van der Waals surface area contributed by atoms with E-state index < -0.39 is 36.4 Å². The van der Waals surface area contributed by atoms with Crippen molar-refractivity contribution in [2.75, 3.05) is 19.8 Å². The maximum atomic E-state index is 13.5. The summed E-state index contributed by atoms with van der Waals surface area (Å²) in [7, 11) is 0. The fourth-order valence-corrected chi connectivity index (χ4v) is 4.80. The summed E-state index contributed by atoms with van der Waals surface area (Å²) >= 11 is 3.35. The van der Waals surface area contributed by atoms with Crippen molar-refractivity contribution in [1.29, 1.82) is 0 Å². The summed E-state index contributed by atoms with van der Waals surface area (Å²) in [6, 6.07) is 5.36. The van der Waals surface area contributed by atoms with Gasteiger partial charge < -0.3 is 21.7 Å². The number of benzene rings is 1. The molecule has 1 saturated heterocycles. The van der Waals surface area contributed by atoms with Crippen LogP contribution in [0.25, 0.3) is 0 Å². The third-order valence-electron chi connectivity index (χ3n) is 6.29. The van der Waals surface area contributed by atoms with Gasteiger partial charge in [-0.25, -0.2) is 4.39 Å². The molecule has 1 fully saturated rings. The Hall–Kier alpha value is -2.82. The van der Waals surface area contributed by atoms with E-state index in [1.807, 2.05) is 13.8 Å². The van der Waals surface area contributed by atoms with Gasteiger partial charge in [0.05, 0.1) is 11.6 Å². The van der Waals surface area contributed by atoms with Gasteiger partial charge in [-0.15, -0.1) is 0 Å². The lowest BCUT2D eigenvalue weighted by molar-refractivity contribution is -0.140. The summed E-state index contributed by atoms with van der Waals surface area (Å²) in [5.41, 5.74) is 11.0. The number of likely N-dealkylation sites (tertiary alicyclic amines) is 1. The Bertz CT molecular complexity index is 983. The molecule has 11 heteroatoms. The first-order chi connectivity index (χ1) is 17.1. The topological polar surface area (TPSA) is 148 Å². The maximum absolute atomic E-state index is 13.5. The highest BCUT2D eigenvalue weighted by Crippen LogP contribution is 2.25. The van der Waals surface area contributed by atoms with Crippen LogP contribution >= 0.6 is 15.9 Å². The van der Waals surface area contributed by atoms with E-state index in [4.69, 9.17) is 11.5 Å². The average molecular weight is 568 g/mol. The summed E-state index contributed by atoms with van der Waals surface area (Å²) in [5, 5.41) is 2.81. The molecule has 0 aromatic heterocycles. The van der Waals surface area contributed by atoms with Crippen molar-refractivity contribution in [2.45, 2.75) is 58.0 Å². The van der Waals surface area contributed by atoms with E-state index in [1.165, 1.54) is 4.90 Å². The van der Waals surface area contributed by atoms with Gasteiger partial charge in [-0.05, 0) is 59.7 Å². The number of ketones is 2. The van der Waals surface area contributed by atoms with Crippen molar-refractivity contribution in [2.24, 2.45) is 28.3 Å². The fourth-order valence-electron chi connectivity index (χ4n) is 4.33. The average Bonchev–Trinajstić information content (AvgIpc) is 3.33. The molecule has 198 valence electrons. The molecule has 1 aliphatic heterocycles. The van der Waals surface area contributed by atoms with Crippen molar-refractivity contribution in [3.05, 3.63) is 34.3 Å². The van der Waals surface area contributed by atoms with Crippen molar-refractivity contribution >= 4 is 45.3 Å². The first kappa shape index (κ1) is 29.4. The fraction of sp³-hybridized carbons (Fsp3) is 0.560.